The lowest BCUT2D eigenvalue weighted by atomic mass is 9.96. The lowest BCUT2D eigenvalue weighted by molar-refractivity contribution is -0.125. The molecule has 0 aliphatic carbocycles. The van der Waals surface area contributed by atoms with Crippen LogP contribution < -0.4 is 20.5 Å². The normalized spacial score (nSPS) is 13.9. The number of rotatable bonds is 9. The maximum absolute atomic E-state index is 12.8. The molecule has 1 N–H and O–H groups in total. The second-order valence-corrected chi connectivity index (χ2v) is 8.99. The number of aromatic nitrogens is 6. The van der Waals surface area contributed by atoms with Gasteiger partial charge in [-0.3, -0.25) is 14.2 Å². The fourth-order valence-electron chi connectivity index (χ4n) is 4.50. The highest BCUT2D eigenvalue weighted by Gasteiger charge is 2.25. The van der Waals surface area contributed by atoms with Crippen molar-refractivity contribution in [3.8, 4) is 22.8 Å². The molecule has 3 aromatic heterocycles. The first-order valence-corrected chi connectivity index (χ1v) is 12.7. The molecule has 0 unspecified atom stereocenters. The fourth-order valence-corrected chi connectivity index (χ4v) is 4.50. The van der Waals surface area contributed by atoms with Crippen LogP contribution in [0.1, 0.15) is 19.8 Å². The quantitative estimate of drug-likeness (QED) is 0.361. The zero-order valence-corrected chi connectivity index (χ0v) is 21.2. The van der Waals surface area contributed by atoms with Crippen LogP contribution in [0.2, 0.25) is 0 Å². The van der Waals surface area contributed by atoms with Crippen molar-refractivity contribution in [1.82, 2.24) is 34.6 Å². The first-order valence-electron chi connectivity index (χ1n) is 12.7. The lowest BCUT2D eigenvalue weighted by Crippen LogP contribution is -2.42. The summed E-state index contributed by atoms with van der Waals surface area (Å²) in [5.74, 6) is 2.29. The van der Waals surface area contributed by atoms with E-state index in [1.807, 2.05) is 48.0 Å². The fraction of sp³-hybridized carbons (Fsp3) is 0.333. The molecule has 11 heteroatoms. The molecule has 0 saturated carbocycles. The van der Waals surface area contributed by atoms with E-state index in [0.29, 0.717) is 25.4 Å². The average molecular weight is 515 g/mol. The molecule has 1 aliphatic heterocycles. The smallest absolute Gasteiger partial charge is 0.266 e. The maximum Gasteiger partial charge on any atom is 0.266 e. The van der Waals surface area contributed by atoms with Gasteiger partial charge in [-0.25, -0.2) is 19.6 Å². The summed E-state index contributed by atoms with van der Waals surface area (Å²) in [6.45, 7) is 4.62. The van der Waals surface area contributed by atoms with Gasteiger partial charge in [-0.05, 0) is 50.1 Å². The van der Waals surface area contributed by atoms with Crippen molar-refractivity contribution in [2.24, 2.45) is 5.92 Å². The Hall–Kier alpha value is -4.54. The largest absolute Gasteiger partial charge is 0.494 e. The molecular weight excluding hydrogens is 484 g/mol. The Kier molecular flexibility index (Phi) is 7.72. The monoisotopic (exact) mass is 514 g/mol. The van der Waals surface area contributed by atoms with Gasteiger partial charge in [-0.1, -0.05) is 0 Å². The van der Waals surface area contributed by atoms with E-state index in [2.05, 4.69) is 30.3 Å². The van der Waals surface area contributed by atoms with E-state index in [1.54, 1.807) is 24.9 Å². The van der Waals surface area contributed by atoms with Crippen molar-refractivity contribution in [2.75, 3.05) is 31.1 Å². The minimum absolute atomic E-state index is 0.00200. The first-order chi connectivity index (χ1) is 18.6. The third-order valence-corrected chi connectivity index (χ3v) is 6.55. The van der Waals surface area contributed by atoms with Crippen LogP contribution in [-0.2, 0) is 11.3 Å². The predicted octanol–water partition coefficient (Wildman–Crippen LogP) is 2.32. The number of piperidine rings is 1. The van der Waals surface area contributed by atoms with Gasteiger partial charge in [-0.2, -0.15) is 5.10 Å². The van der Waals surface area contributed by atoms with Gasteiger partial charge in [0.05, 0.1) is 18.8 Å². The third-order valence-electron chi connectivity index (χ3n) is 6.55. The molecule has 4 aromatic rings. The van der Waals surface area contributed by atoms with E-state index in [0.717, 1.165) is 48.9 Å². The summed E-state index contributed by atoms with van der Waals surface area (Å²) in [6.07, 6.45) is 8.23. The van der Waals surface area contributed by atoms with Crippen LogP contribution in [0.4, 0.5) is 5.82 Å². The zero-order chi connectivity index (χ0) is 26.3. The second kappa shape index (κ2) is 11.7. The number of imidazole rings is 1. The molecular formula is C27H30N8O3. The molecule has 4 heterocycles. The molecule has 0 atom stereocenters. The van der Waals surface area contributed by atoms with E-state index in [-0.39, 0.29) is 17.4 Å². The number of hydrogen-bond donors (Lipinski definition) is 1. The summed E-state index contributed by atoms with van der Waals surface area (Å²) in [6, 6.07) is 12.7. The van der Waals surface area contributed by atoms with Gasteiger partial charge in [0.1, 0.15) is 30.0 Å². The number of benzene rings is 1. The molecule has 5 rings (SSSR count). The Balaban J connectivity index is 1.12. The highest BCUT2D eigenvalue weighted by molar-refractivity contribution is 5.79. The van der Waals surface area contributed by atoms with Crippen LogP contribution in [0.3, 0.4) is 0 Å². The van der Waals surface area contributed by atoms with Crippen molar-refractivity contribution in [3.63, 3.8) is 0 Å². The number of nitrogens with one attached hydrogen (secondary N) is 1. The molecule has 1 saturated heterocycles. The SMILES string of the molecule is CCOc1ccc(-c2ccc(=O)n(CCNC(=O)C3CCN(c4cc(-n5ccnc5)ncn4)CC3)n2)cc1. The van der Waals surface area contributed by atoms with Crippen LogP contribution >= 0.6 is 0 Å². The van der Waals surface area contributed by atoms with Gasteiger partial charge in [0.15, 0.2) is 0 Å². The molecule has 1 fully saturated rings. The van der Waals surface area contributed by atoms with Gasteiger partial charge in [0, 0.05) is 55.6 Å². The number of nitrogens with zero attached hydrogens (tertiary/aromatic N) is 7. The standard InChI is InChI=1S/C27H30N8O3/c1-2-38-22-5-3-20(4-6-22)23-7-8-26(36)35(32-23)16-12-29-27(37)21-9-13-33(14-10-21)24-17-25(31-18-30-24)34-15-11-28-19-34/h3-8,11,15,17-19,21H,2,9-10,12-14,16H2,1H3,(H,29,37). The molecule has 1 amide bonds. The highest BCUT2D eigenvalue weighted by Crippen LogP contribution is 2.23. The maximum atomic E-state index is 12.8. The van der Waals surface area contributed by atoms with E-state index in [9.17, 15) is 9.59 Å². The molecule has 38 heavy (non-hydrogen) atoms. The van der Waals surface area contributed by atoms with Gasteiger partial charge >= 0.3 is 0 Å². The third kappa shape index (κ3) is 5.88. The van der Waals surface area contributed by atoms with Gasteiger partial charge in [-0.15, -0.1) is 0 Å². The van der Waals surface area contributed by atoms with Crippen LogP contribution in [0, 0.1) is 5.92 Å². The minimum Gasteiger partial charge on any atom is -0.494 e. The van der Waals surface area contributed by atoms with Crippen molar-refractivity contribution < 1.29 is 9.53 Å². The van der Waals surface area contributed by atoms with Crippen LogP contribution in [-0.4, -0.2) is 61.4 Å². The number of carbonyl (C=O) groups is 1. The summed E-state index contributed by atoms with van der Waals surface area (Å²) in [5.41, 5.74) is 1.37. The number of anilines is 1. The van der Waals surface area contributed by atoms with Crippen molar-refractivity contribution in [2.45, 2.75) is 26.3 Å². The summed E-state index contributed by atoms with van der Waals surface area (Å²) < 4.78 is 8.71. The second-order valence-electron chi connectivity index (χ2n) is 8.99. The Morgan fingerprint density at radius 3 is 2.61 bits per heavy atom. The Morgan fingerprint density at radius 2 is 1.87 bits per heavy atom. The van der Waals surface area contributed by atoms with Gasteiger partial charge in [0.25, 0.3) is 5.56 Å². The van der Waals surface area contributed by atoms with Crippen LogP contribution in [0.25, 0.3) is 17.1 Å². The molecule has 0 bridgehead atoms. The molecule has 196 valence electrons. The molecule has 1 aromatic carbocycles. The number of amides is 1. The Morgan fingerprint density at radius 1 is 1.08 bits per heavy atom. The van der Waals surface area contributed by atoms with Crippen LogP contribution in [0.15, 0.2) is 72.3 Å². The lowest BCUT2D eigenvalue weighted by Gasteiger charge is -2.32. The highest BCUT2D eigenvalue weighted by atomic mass is 16.5. The van der Waals surface area contributed by atoms with Crippen molar-refractivity contribution in [3.05, 3.63) is 77.9 Å². The van der Waals surface area contributed by atoms with E-state index >= 15 is 0 Å². The van der Waals surface area contributed by atoms with E-state index in [1.165, 1.54) is 10.7 Å². The summed E-state index contributed by atoms with van der Waals surface area (Å²) in [5, 5.41) is 7.47. The number of carbonyl (C=O) groups excluding carboxylic acids is 1. The van der Waals surface area contributed by atoms with Gasteiger partial charge < -0.3 is 15.0 Å². The Bertz CT molecular complexity index is 1410. The average Bonchev–Trinajstić information content (AvgIpc) is 3.50. The zero-order valence-electron chi connectivity index (χ0n) is 21.2. The molecule has 0 radical (unpaired) electrons. The van der Waals surface area contributed by atoms with Crippen molar-refractivity contribution >= 4 is 11.7 Å². The van der Waals surface area contributed by atoms with Gasteiger partial charge in [0.2, 0.25) is 5.91 Å². The van der Waals surface area contributed by atoms with Crippen molar-refractivity contribution in [1.29, 1.82) is 0 Å². The predicted molar refractivity (Wildman–Crippen MR) is 142 cm³/mol. The summed E-state index contributed by atoms with van der Waals surface area (Å²) in [7, 11) is 0. The number of ether oxygens (including phenoxy) is 1. The number of hydrogen-bond acceptors (Lipinski definition) is 8. The molecule has 0 spiro atoms. The molecule has 1 aliphatic rings. The van der Waals surface area contributed by atoms with E-state index < -0.39 is 0 Å². The molecule has 11 nitrogen and oxygen atoms in total. The minimum atomic E-state index is -0.206. The summed E-state index contributed by atoms with van der Waals surface area (Å²) in [4.78, 5) is 40.1. The topological polar surface area (TPSA) is 120 Å². The first kappa shape index (κ1) is 25.1. The van der Waals surface area contributed by atoms with E-state index in [4.69, 9.17) is 4.74 Å². The summed E-state index contributed by atoms with van der Waals surface area (Å²) >= 11 is 0. The Labute approximate surface area is 220 Å². The van der Waals surface area contributed by atoms with Crippen LogP contribution in [0.5, 0.6) is 5.75 Å².